The lowest BCUT2D eigenvalue weighted by Gasteiger charge is -2.58. The fourth-order valence-electron chi connectivity index (χ4n) is 10.3. The first-order valence-corrected chi connectivity index (χ1v) is 12.2. The molecule has 0 amide bonds. The lowest BCUT2D eigenvalue weighted by Crippen LogP contribution is -2.50. The third kappa shape index (κ3) is 2.25. The molecule has 8 aliphatic carbocycles. The van der Waals surface area contributed by atoms with Crippen LogP contribution in [-0.2, 0) is 10.8 Å². The molecule has 8 fully saturated rings. The van der Waals surface area contributed by atoms with E-state index in [0.29, 0.717) is 0 Å². The van der Waals surface area contributed by atoms with Crippen molar-refractivity contribution in [1.29, 1.82) is 0 Å². The Kier molecular flexibility index (Phi) is 3.25. The molecule has 1 aromatic carbocycles. The first-order valence-electron chi connectivity index (χ1n) is 12.2. The van der Waals surface area contributed by atoms with Crippen LogP contribution >= 0.6 is 0 Å². The Morgan fingerprint density at radius 3 is 1.03 bits per heavy atom. The van der Waals surface area contributed by atoms with Gasteiger partial charge in [-0.3, -0.25) is 0 Å². The molecule has 0 saturated heterocycles. The van der Waals surface area contributed by atoms with Crippen molar-refractivity contribution in [2.75, 3.05) is 0 Å². The third-order valence-electron chi connectivity index (χ3n) is 10.5. The number of hydrogen-bond donors (Lipinski definition) is 3. The molecule has 0 unspecified atom stereocenters. The number of benzene rings is 1. The molecule has 0 heterocycles. The summed E-state index contributed by atoms with van der Waals surface area (Å²) in [5.41, 5.74) is 2.03. The van der Waals surface area contributed by atoms with E-state index in [1.807, 2.05) is 0 Å². The van der Waals surface area contributed by atoms with Crippen molar-refractivity contribution in [3.8, 4) is 17.2 Å². The molecule has 8 bridgehead atoms. The summed E-state index contributed by atoms with van der Waals surface area (Å²) in [4.78, 5) is 0. The standard InChI is InChI=1S/C26H34O3/c27-22-20(25-8-14-1-15(9-25)3-16(2-14)10-25)7-21(23(28)24(22)29)26-11-17-4-18(12-26)6-19(5-17)13-26/h7,14-19,27-29H,1-6,8-13H2. The van der Waals surface area contributed by atoms with Crippen LogP contribution in [0.5, 0.6) is 17.2 Å². The zero-order chi connectivity index (χ0) is 19.5. The summed E-state index contributed by atoms with van der Waals surface area (Å²) in [7, 11) is 0. The summed E-state index contributed by atoms with van der Waals surface area (Å²) in [6, 6.07) is 2.20. The maximum atomic E-state index is 11.0. The van der Waals surface area contributed by atoms with Crippen LogP contribution < -0.4 is 0 Å². The Labute approximate surface area is 173 Å². The van der Waals surface area contributed by atoms with E-state index in [9.17, 15) is 15.3 Å². The van der Waals surface area contributed by atoms with E-state index in [-0.39, 0.29) is 28.1 Å². The Morgan fingerprint density at radius 1 is 0.483 bits per heavy atom. The van der Waals surface area contributed by atoms with Gasteiger partial charge in [0.25, 0.3) is 0 Å². The minimum Gasteiger partial charge on any atom is -0.504 e. The van der Waals surface area contributed by atoms with Crippen molar-refractivity contribution in [1.82, 2.24) is 0 Å². The number of phenols is 3. The van der Waals surface area contributed by atoms with Gasteiger partial charge in [0, 0.05) is 11.1 Å². The van der Waals surface area contributed by atoms with Crippen molar-refractivity contribution in [2.24, 2.45) is 35.5 Å². The predicted octanol–water partition coefficient (Wildman–Crippen LogP) is 5.74. The second kappa shape index (κ2) is 5.45. The molecule has 3 N–H and O–H groups in total. The highest BCUT2D eigenvalue weighted by Crippen LogP contribution is 2.66. The van der Waals surface area contributed by atoms with Crippen molar-refractivity contribution in [3.05, 3.63) is 17.2 Å². The summed E-state index contributed by atoms with van der Waals surface area (Å²) < 4.78 is 0. The van der Waals surface area contributed by atoms with Gasteiger partial charge in [0.2, 0.25) is 5.75 Å². The largest absolute Gasteiger partial charge is 0.504 e. The van der Waals surface area contributed by atoms with Crippen LogP contribution in [0.1, 0.15) is 88.2 Å². The quantitative estimate of drug-likeness (QED) is 0.561. The number of phenolic OH excluding ortho intramolecular Hbond substituents is 3. The monoisotopic (exact) mass is 394 g/mol. The molecule has 0 atom stereocenters. The molecule has 0 spiro atoms. The average molecular weight is 395 g/mol. The van der Waals surface area contributed by atoms with E-state index in [4.69, 9.17) is 0 Å². The van der Waals surface area contributed by atoms with Crippen molar-refractivity contribution >= 4 is 0 Å². The lowest BCUT2D eigenvalue weighted by molar-refractivity contribution is -0.00985. The van der Waals surface area contributed by atoms with Crippen molar-refractivity contribution in [2.45, 2.75) is 87.9 Å². The summed E-state index contributed by atoms with van der Waals surface area (Å²) in [5, 5.41) is 32.9. The van der Waals surface area contributed by atoms with Gasteiger partial charge in [0.15, 0.2) is 11.5 Å². The molecule has 8 saturated carbocycles. The van der Waals surface area contributed by atoms with Gasteiger partial charge < -0.3 is 15.3 Å². The fraction of sp³-hybridized carbons (Fsp3) is 0.769. The maximum absolute atomic E-state index is 11.0. The predicted molar refractivity (Wildman–Crippen MR) is 111 cm³/mol. The van der Waals surface area contributed by atoms with E-state index < -0.39 is 0 Å². The van der Waals surface area contributed by atoms with Gasteiger partial charge in [-0.1, -0.05) is 0 Å². The average Bonchev–Trinajstić information content (AvgIpc) is 2.63. The van der Waals surface area contributed by atoms with E-state index in [0.717, 1.165) is 85.2 Å². The molecule has 156 valence electrons. The minimum absolute atomic E-state index is 0.0158. The van der Waals surface area contributed by atoms with Crippen LogP contribution in [-0.4, -0.2) is 15.3 Å². The van der Waals surface area contributed by atoms with E-state index in [1.54, 1.807) is 0 Å². The highest BCUT2D eigenvalue weighted by Gasteiger charge is 2.56. The van der Waals surface area contributed by atoms with E-state index in [1.165, 1.54) is 38.5 Å². The first kappa shape index (κ1) is 17.3. The van der Waals surface area contributed by atoms with Gasteiger partial charge in [0.05, 0.1) is 0 Å². The minimum atomic E-state index is -0.232. The molecule has 3 heteroatoms. The van der Waals surface area contributed by atoms with Gasteiger partial charge in [0.1, 0.15) is 0 Å². The molecular formula is C26H34O3. The molecule has 29 heavy (non-hydrogen) atoms. The van der Waals surface area contributed by atoms with Crippen molar-refractivity contribution in [3.63, 3.8) is 0 Å². The second-order valence-corrected chi connectivity index (χ2v) is 12.4. The molecule has 9 rings (SSSR count). The normalized spacial score (nSPS) is 49.1. The zero-order valence-corrected chi connectivity index (χ0v) is 17.4. The second-order valence-electron chi connectivity index (χ2n) is 12.4. The Morgan fingerprint density at radius 2 is 0.759 bits per heavy atom. The lowest BCUT2D eigenvalue weighted by atomic mass is 9.46. The summed E-state index contributed by atoms with van der Waals surface area (Å²) in [6.45, 7) is 0. The Hall–Kier alpha value is -1.38. The highest BCUT2D eigenvalue weighted by molar-refractivity contribution is 5.62. The van der Waals surface area contributed by atoms with Gasteiger partial charge in [-0.15, -0.1) is 0 Å². The van der Waals surface area contributed by atoms with Gasteiger partial charge >= 0.3 is 0 Å². The van der Waals surface area contributed by atoms with Crippen LogP contribution in [0.2, 0.25) is 0 Å². The first-order chi connectivity index (χ1) is 13.9. The molecule has 8 aliphatic rings. The maximum Gasteiger partial charge on any atom is 0.200 e. The molecule has 0 aliphatic heterocycles. The smallest absolute Gasteiger partial charge is 0.200 e. The number of aromatic hydroxyl groups is 3. The van der Waals surface area contributed by atoms with Gasteiger partial charge in [-0.25, -0.2) is 0 Å². The highest BCUT2D eigenvalue weighted by atomic mass is 16.3. The van der Waals surface area contributed by atoms with E-state index >= 15 is 0 Å². The van der Waals surface area contributed by atoms with Crippen molar-refractivity contribution < 1.29 is 15.3 Å². The van der Waals surface area contributed by atoms with E-state index in [2.05, 4.69) is 6.07 Å². The molecule has 0 radical (unpaired) electrons. The van der Waals surface area contributed by atoms with Crippen LogP contribution in [0.3, 0.4) is 0 Å². The van der Waals surface area contributed by atoms with Crippen LogP contribution in [0.4, 0.5) is 0 Å². The topological polar surface area (TPSA) is 60.7 Å². The molecular weight excluding hydrogens is 360 g/mol. The Bertz CT molecular complexity index is 746. The zero-order valence-electron chi connectivity index (χ0n) is 17.4. The van der Waals surface area contributed by atoms with Crippen LogP contribution in [0.15, 0.2) is 6.07 Å². The van der Waals surface area contributed by atoms with Crippen LogP contribution in [0.25, 0.3) is 0 Å². The Balaban J connectivity index is 1.38. The molecule has 1 aromatic rings. The fourth-order valence-corrected chi connectivity index (χ4v) is 10.3. The number of rotatable bonds is 2. The number of hydrogen-bond acceptors (Lipinski definition) is 3. The summed E-state index contributed by atoms with van der Waals surface area (Å²) >= 11 is 0. The van der Waals surface area contributed by atoms with Gasteiger partial charge in [-0.2, -0.15) is 0 Å². The summed E-state index contributed by atoms with van der Waals surface area (Å²) in [5.74, 6) is 4.48. The third-order valence-corrected chi connectivity index (χ3v) is 10.5. The molecule has 0 aromatic heterocycles. The summed E-state index contributed by atoms with van der Waals surface area (Å²) in [6.07, 6.45) is 15.2. The van der Waals surface area contributed by atoms with Crippen LogP contribution in [0, 0.1) is 35.5 Å². The van der Waals surface area contributed by atoms with Gasteiger partial charge in [-0.05, 0) is 129 Å². The molecule has 3 nitrogen and oxygen atoms in total. The SMILES string of the molecule is Oc1c(C23CC4CC(CC(C4)C2)C3)cc(C23CC4CC(CC(C4)C2)C3)c(O)c1O.